The van der Waals surface area contributed by atoms with Crippen LogP contribution in [0.3, 0.4) is 0 Å². The molecule has 0 saturated carbocycles. The van der Waals surface area contributed by atoms with Crippen molar-refractivity contribution >= 4 is 46.6 Å². The van der Waals surface area contributed by atoms with Crippen LogP contribution in [0.15, 0.2) is 45.7 Å². The molecule has 0 spiro atoms. The molecule has 2 amide bonds. The van der Waals surface area contributed by atoms with Gasteiger partial charge in [0.05, 0.1) is 18.6 Å². The summed E-state index contributed by atoms with van der Waals surface area (Å²) in [6.07, 6.45) is 1.73. The molecule has 4 rings (SSSR count). The van der Waals surface area contributed by atoms with Crippen LogP contribution in [0.2, 0.25) is 5.02 Å². The number of carbonyl (C=O) groups excluding carboxylic acids is 3. The first-order valence-corrected chi connectivity index (χ1v) is 11.3. The predicted molar refractivity (Wildman–Crippen MR) is 127 cm³/mol. The van der Waals surface area contributed by atoms with E-state index in [9.17, 15) is 14.4 Å². The molecule has 7 nitrogen and oxygen atoms in total. The number of esters is 1. The highest BCUT2D eigenvalue weighted by atomic mass is 35.5. The molecule has 0 N–H and O–H groups in total. The van der Waals surface area contributed by atoms with Gasteiger partial charge in [-0.25, -0.2) is 4.79 Å². The number of hydrogen-bond acceptors (Lipinski definition) is 6. The molecule has 1 aromatic carbocycles. The molecule has 0 atom stereocenters. The Balaban J connectivity index is 1.61. The lowest BCUT2D eigenvalue weighted by Gasteiger charge is -2.13. The minimum atomic E-state index is -0.624. The summed E-state index contributed by atoms with van der Waals surface area (Å²) in [5, 5.41) is 0.276. The van der Waals surface area contributed by atoms with Gasteiger partial charge in [-0.05, 0) is 80.1 Å². The Morgan fingerprint density at radius 3 is 2.67 bits per heavy atom. The van der Waals surface area contributed by atoms with E-state index in [0.29, 0.717) is 15.7 Å². The number of amides is 2. The maximum atomic E-state index is 13.0. The highest BCUT2D eigenvalue weighted by Gasteiger charge is 2.36. The summed E-state index contributed by atoms with van der Waals surface area (Å²) in [5.74, 6) is -0.710. The van der Waals surface area contributed by atoms with E-state index in [1.807, 2.05) is 45.0 Å². The summed E-state index contributed by atoms with van der Waals surface area (Å²) in [6.45, 7) is 5.83. The van der Waals surface area contributed by atoms with Gasteiger partial charge in [-0.1, -0.05) is 17.7 Å². The molecule has 1 aliphatic rings. The first-order valence-electron chi connectivity index (χ1n) is 10.1. The smallest absolute Gasteiger partial charge is 0.373 e. The average molecular weight is 485 g/mol. The number of nitrogens with zero attached hydrogens (tertiary/aromatic N) is 2. The Hall–Kier alpha value is -3.23. The fourth-order valence-corrected chi connectivity index (χ4v) is 4.75. The summed E-state index contributed by atoms with van der Waals surface area (Å²) in [5.41, 5.74) is 4.66. The van der Waals surface area contributed by atoms with Crippen LogP contribution in [0.25, 0.3) is 11.8 Å². The molecular formula is C24H21ClN2O5S. The lowest BCUT2D eigenvalue weighted by molar-refractivity contribution is -0.123. The number of hydrogen-bond donors (Lipinski definition) is 0. The molecule has 1 fully saturated rings. The summed E-state index contributed by atoms with van der Waals surface area (Å²) < 4.78 is 12.1. The second-order valence-corrected chi connectivity index (χ2v) is 8.97. The lowest BCUT2D eigenvalue weighted by atomic mass is 10.2. The number of rotatable bonds is 5. The first kappa shape index (κ1) is 22.9. The molecule has 33 heavy (non-hydrogen) atoms. The van der Waals surface area contributed by atoms with Crippen LogP contribution in [0, 0.1) is 20.8 Å². The third-order valence-electron chi connectivity index (χ3n) is 5.47. The second-order valence-electron chi connectivity index (χ2n) is 7.57. The van der Waals surface area contributed by atoms with Crippen molar-refractivity contribution in [1.29, 1.82) is 0 Å². The molecule has 0 aliphatic carbocycles. The molecular weight excluding hydrogens is 464 g/mol. The number of aryl methyl sites for hydroxylation is 1. The number of methoxy groups -OCH3 is 1. The van der Waals surface area contributed by atoms with Crippen molar-refractivity contribution in [2.24, 2.45) is 0 Å². The molecule has 1 saturated heterocycles. The second kappa shape index (κ2) is 8.96. The van der Waals surface area contributed by atoms with E-state index >= 15 is 0 Å². The van der Waals surface area contributed by atoms with Crippen molar-refractivity contribution in [3.8, 4) is 5.69 Å². The van der Waals surface area contributed by atoms with Crippen LogP contribution in [0.4, 0.5) is 4.79 Å². The zero-order chi connectivity index (χ0) is 23.9. The number of imide groups is 1. The highest BCUT2D eigenvalue weighted by molar-refractivity contribution is 8.18. The summed E-state index contributed by atoms with van der Waals surface area (Å²) in [7, 11) is 1.25. The van der Waals surface area contributed by atoms with E-state index in [0.717, 1.165) is 44.9 Å². The lowest BCUT2D eigenvalue weighted by Crippen LogP contribution is -2.27. The number of benzene rings is 1. The SMILES string of the molecule is COC(=O)c1ccc(CN2C(=O)S/C(=C/c3cc(C)n(-c4cccc(Cl)c4C)c3C)C2=O)o1. The van der Waals surface area contributed by atoms with Crippen LogP contribution in [0.5, 0.6) is 0 Å². The van der Waals surface area contributed by atoms with Gasteiger partial charge in [-0.15, -0.1) is 0 Å². The van der Waals surface area contributed by atoms with Gasteiger partial charge >= 0.3 is 5.97 Å². The highest BCUT2D eigenvalue weighted by Crippen LogP contribution is 2.35. The number of halogens is 1. The Morgan fingerprint density at radius 1 is 1.18 bits per heavy atom. The standard InChI is InChI=1S/C24H21ClN2O5S/c1-13-10-16(15(3)27(13)19-7-5-6-18(25)14(19)2)11-21-22(28)26(24(30)33-21)12-17-8-9-20(32-17)23(29)31-4/h5-11H,12H2,1-4H3/b21-11+. The summed E-state index contributed by atoms with van der Waals surface area (Å²) >= 11 is 7.18. The van der Waals surface area contributed by atoms with Crippen molar-refractivity contribution in [2.45, 2.75) is 27.3 Å². The molecule has 3 heterocycles. The zero-order valence-electron chi connectivity index (χ0n) is 18.5. The number of ether oxygens (including phenoxy) is 1. The van der Waals surface area contributed by atoms with Gasteiger partial charge in [-0.3, -0.25) is 14.5 Å². The van der Waals surface area contributed by atoms with Gasteiger partial charge < -0.3 is 13.7 Å². The quantitative estimate of drug-likeness (QED) is 0.342. The van der Waals surface area contributed by atoms with Crippen molar-refractivity contribution in [1.82, 2.24) is 9.47 Å². The van der Waals surface area contributed by atoms with Gasteiger partial charge in [0, 0.05) is 22.1 Å². The number of aromatic nitrogens is 1. The largest absolute Gasteiger partial charge is 0.463 e. The molecule has 9 heteroatoms. The van der Waals surface area contributed by atoms with Crippen molar-refractivity contribution in [2.75, 3.05) is 7.11 Å². The van der Waals surface area contributed by atoms with Gasteiger partial charge in [0.15, 0.2) is 0 Å². The van der Waals surface area contributed by atoms with Crippen LogP contribution < -0.4 is 0 Å². The summed E-state index contributed by atoms with van der Waals surface area (Å²) in [4.78, 5) is 38.5. The fourth-order valence-electron chi connectivity index (χ4n) is 3.75. The number of carbonyl (C=O) groups is 3. The number of furan rings is 1. The van der Waals surface area contributed by atoms with Crippen LogP contribution in [-0.2, 0) is 16.1 Å². The van der Waals surface area contributed by atoms with E-state index in [1.54, 1.807) is 12.1 Å². The van der Waals surface area contributed by atoms with Gasteiger partial charge in [-0.2, -0.15) is 0 Å². The maximum absolute atomic E-state index is 13.0. The predicted octanol–water partition coefficient (Wildman–Crippen LogP) is 5.67. The molecule has 1 aliphatic heterocycles. The third kappa shape index (κ3) is 4.24. The molecule has 0 bridgehead atoms. The van der Waals surface area contributed by atoms with E-state index in [4.69, 9.17) is 16.0 Å². The zero-order valence-corrected chi connectivity index (χ0v) is 20.0. The van der Waals surface area contributed by atoms with Crippen molar-refractivity contribution in [3.05, 3.63) is 80.4 Å². The van der Waals surface area contributed by atoms with Crippen molar-refractivity contribution in [3.63, 3.8) is 0 Å². The Labute approximate surface area is 199 Å². The average Bonchev–Trinajstić information content (AvgIpc) is 3.44. The minimum Gasteiger partial charge on any atom is -0.463 e. The molecule has 2 aromatic heterocycles. The van der Waals surface area contributed by atoms with Gasteiger partial charge in [0.2, 0.25) is 5.76 Å². The maximum Gasteiger partial charge on any atom is 0.373 e. The monoisotopic (exact) mass is 484 g/mol. The normalized spacial score (nSPS) is 15.1. The molecule has 3 aromatic rings. The van der Waals surface area contributed by atoms with E-state index in [2.05, 4.69) is 9.30 Å². The van der Waals surface area contributed by atoms with E-state index < -0.39 is 17.1 Å². The molecule has 0 unspecified atom stereocenters. The topological polar surface area (TPSA) is 81.8 Å². The Kier molecular flexibility index (Phi) is 6.23. The van der Waals surface area contributed by atoms with E-state index in [-0.39, 0.29) is 12.3 Å². The van der Waals surface area contributed by atoms with Crippen LogP contribution >= 0.6 is 23.4 Å². The first-order chi connectivity index (χ1) is 15.7. The Morgan fingerprint density at radius 2 is 1.94 bits per heavy atom. The van der Waals surface area contributed by atoms with Crippen LogP contribution in [0.1, 0.15) is 38.8 Å². The molecule has 170 valence electrons. The summed E-state index contributed by atoms with van der Waals surface area (Å²) in [6, 6.07) is 10.7. The van der Waals surface area contributed by atoms with Crippen molar-refractivity contribution < 1.29 is 23.5 Å². The van der Waals surface area contributed by atoms with Gasteiger partial charge in [0.25, 0.3) is 11.1 Å². The fraction of sp³-hybridized carbons (Fsp3) is 0.208. The Bertz CT molecular complexity index is 1320. The minimum absolute atomic E-state index is 0.0127. The van der Waals surface area contributed by atoms with Gasteiger partial charge in [0.1, 0.15) is 5.76 Å². The van der Waals surface area contributed by atoms with Crippen LogP contribution in [-0.4, -0.2) is 33.7 Å². The number of thioether (sulfide) groups is 1. The van der Waals surface area contributed by atoms with E-state index in [1.165, 1.54) is 13.2 Å². The third-order valence-corrected chi connectivity index (χ3v) is 6.79. The molecule has 0 radical (unpaired) electrons.